The van der Waals surface area contributed by atoms with E-state index in [1.807, 2.05) is 0 Å². The van der Waals surface area contributed by atoms with Crippen LogP contribution < -0.4 is 5.73 Å². The first-order chi connectivity index (χ1) is 8.17. The second-order valence-electron chi connectivity index (χ2n) is 4.50. The summed E-state index contributed by atoms with van der Waals surface area (Å²) in [5.41, 5.74) is 5.65. The summed E-state index contributed by atoms with van der Waals surface area (Å²) in [5.74, 6) is -0.413. The molecule has 96 valence electrons. The van der Waals surface area contributed by atoms with Crippen LogP contribution >= 0.6 is 0 Å². The van der Waals surface area contributed by atoms with Crippen LogP contribution in [0.2, 0.25) is 0 Å². The molecule has 0 unspecified atom stereocenters. The third kappa shape index (κ3) is 1.60. The van der Waals surface area contributed by atoms with E-state index in [-0.39, 0.29) is 16.2 Å². The number of carbonyl (C=O) groups is 1. The molecule has 2 N–H and O–H groups in total. The Morgan fingerprint density at radius 2 is 2.00 bits per heavy atom. The molecule has 6 heteroatoms. The Morgan fingerprint density at radius 3 is 2.56 bits per heavy atom. The fraction of sp³-hybridized carbons (Fsp3) is 0.250. The van der Waals surface area contributed by atoms with Gasteiger partial charge in [0.25, 0.3) is 0 Å². The van der Waals surface area contributed by atoms with E-state index in [1.54, 1.807) is 0 Å². The predicted octanol–water partition coefficient (Wildman–Crippen LogP) is 1.30. The Hall–Kier alpha value is -1.82. The van der Waals surface area contributed by atoms with E-state index in [1.165, 1.54) is 32.0 Å². The Kier molecular flexibility index (Phi) is 2.52. The zero-order valence-corrected chi connectivity index (χ0v) is 10.9. The van der Waals surface area contributed by atoms with Crippen molar-refractivity contribution >= 4 is 21.5 Å². The van der Waals surface area contributed by atoms with Gasteiger partial charge in [0.05, 0.1) is 4.90 Å². The van der Waals surface area contributed by atoms with E-state index in [2.05, 4.69) is 6.58 Å². The number of carbonyl (C=O) groups excluding carboxylic acids is 1. The molecule has 0 saturated heterocycles. The number of hydrogen-bond acceptors (Lipinski definition) is 4. The van der Waals surface area contributed by atoms with Crippen LogP contribution in [0.25, 0.3) is 5.76 Å². The smallest absolute Gasteiger partial charge is 0.248 e. The quantitative estimate of drug-likeness (QED) is 0.830. The van der Waals surface area contributed by atoms with Gasteiger partial charge in [-0.05, 0) is 32.0 Å². The maximum Gasteiger partial charge on any atom is 0.248 e. The van der Waals surface area contributed by atoms with Gasteiger partial charge >= 0.3 is 0 Å². The molecule has 5 nitrogen and oxygen atoms in total. The molecule has 0 atom stereocenters. The van der Waals surface area contributed by atoms with Crippen molar-refractivity contribution in [3.8, 4) is 0 Å². The largest absolute Gasteiger partial charge is 0.472 e. The molecule has 0 aliphatic carbocycles. The molecule has 0 saturated carbocycles. The summed E-state index contributed by atoms with van der Waals surface area (Å²) in [4.78, 5) is 9.73. The second-order valence-corrected chi connectivity index (χ2v) is 6.93. The van der Waals surface area contributed by atoms with Crippen molar-refractivity contribution in [1.82, 2.24) is 0 Å². The van der Waals surface area contributed by atoms with Crippen molar-refractivity contribution in [2.24, 2.45) is 5.73 Å². The summed E-state index contributed by atoms with van der Waals surface area (Å²) in [6.45, 7) is 6.56. The van der Waals surface area contributed by atoms with E-state index in [4.69, 9.17) is 10.5 Å². The Bertz CT molecular complexity index is 659. The fourth-order valence-corrected chi connectivity index (χ4v) is 3.29. The Balaban J connectivity index is 2.79. The Morgan fingerprint density at radius 1 is 1.39 bits per heavy atom. The van der Waals surface area contributed by atoms with Crippen molar-refractivity contribution in [3.05, 3.63) is 35.9 Å². The number of rotatable bonds is 1. The number of primary amides is 1. The number of sulfone groups is 1. The van der Waals surface area contributed by atoms with Crippen molar-refractivity contribution in [1.29, 1.82) is 0 Å². The number of hydrogen-bond donors (Lipinski definition) is 1. The first-order valence-electron chi connectivity index (χ1n) is 5.23. The molecule has 1 amide bonds. The maximum absolute atomic E-state index is 12.3. The van der Waals surface area contributed by atoms with Gasteiger partial charge in [0.15, 0.2) is 0 Å². The van der Waals surface area contributed by atoms with Gasteiger partial charge in [-0.3, -0.25) is 4.79 Å². The molecule has 1 aliphatic rings. The van der Waals surface area contributed by atoms with Gasteiger partial charge in [-0.25, -0.2) is 8.42 Å². The first kappa shape index (κ1) is 12.6. The van der Waals surface area contributed by atoms with Crippen molar-refractivity contribution in [2.45, 2.75) is 23.7 Å². The summed E-state index contributed by atoms with van der Waals surface area (Å²) in [6, 6.07) is 4.19. The lowest BCUT2D eigenvalue weighted by Crippen LogP contribution is -2.38. The highest BCUT2D eigenvalue weighted by atomic mass is 32.2. The molecule has 18 heavy (non-hydrogen) atoms. The van der Waals surface area contributed by atoms with E-state index in [9.17, 15) is 13.2 Å². The van der Waals surface area contributed by atoms with Crippen molar-refractivity contribution < 1.29 is 17.9 Å². The average Bonchev–Trinajstić information content (AvgIpc) is 2.25. The molecule has 0 spiro atoms. The highest BCUT2D eigenvalue weighted by Gasteiger charge is 2.44. The van der Waals surface area contributed by atoms with Gasteiger partial charge in [-0.1, -0.05) is 6.58 Å². The molecule has 1 heterocycles. The van der Waals surface area contributed by atoms with Gasteiger partial charge in [0.1, 0.15) is 5.76 Å². The van der Waals surface area contributed by atoms with Crippen LogP contribution in [0, 0.1) is 0 Å². The minimum atomic E-state index is -3.70. The van der Waals surface area contributed by atoms with Gasteiger partial charge in [0, 0.05) is 11.1 Å². The van der Waals surface area contributed by atoms with Gasteiger partial charge in [-0.15, -0.1) is 0 Å². The zero-order valence-electron chi connectivity index (χ0n) is 10.1. The SMILES string of the molecule is C=C1OC(C)(C)S(=O)(=O)c2cc(C(N)=O)ccc21. The standard InChI is InChI=1S/C12H13NO4S/c1-7-9-5-4-8(11(13)14)6-10(9)18(15,16)12(2,3)17-7/h4-6H,1H2,2-3H3,(H2,13,14). The lowest BCUT2D eigenvalue weighted by atomic mass is 10.1. The lowest BCUT2D eigenvalue weighted by molar-refractivity contribution is 0.0999. The van der Waals surface area contributed by atoms with Gasteiger partial charge < -0.3 is 10.5 Å². The summed E-state index contributed by atoms with van der Waals surface area (Å²) in [7, 11) is -3.70. The summed E-state index contributed by atoms with van der Waals surface area (Å²) in [5, 5.41) is 0. The van der Waals surface area contributed by atoms with E-state index in [0.29, 0.717) is 5.56 Å². The van der Waals surface area contributed by atoms with Crippen LogP contribution in [-0.2, 0) is 14.6 Å². The topological polar surface area (TPSA) is 86.5 Å². The second kappa shape index (κ2) is 3.58. The highest BCUT2D eigenvalue weighted by molar-refractivity contribution is 7.92. The third-order valence-corrected chi connectivity index (χ3v) is 5.17. The molecule has 1 aromatic carbocycles. The number of ether oxygens (including phenoxy) is 1. The molecule has 0 aromatic heterocycles. The minimum Gasteiger partial charge on any atom is -0.472 e. The number of amides is 1. The number of fused-ring (bicyclic) bond motifs is 1. The molecular weight excluding hydrogens is 254 g/mol. The summed E-state index contributed by atoms with van der Waals surface area (Å²) >= 11 is 0. The fourth-order valence-electron chi connectivity index (χ4n) is 1.80. The molecule has 0 fully saturated rings. The average molecular weight is 267 g/mol. The zero-order chi connectivity index (χ0) is 13.7. The van der Waals surface area contributed by atoms with E-state index >= 15 is 0 Å². The van der Waals surface area contributed by atoms with Crippen LogP contribution in [0.15, 0.2) is 29.7 Å². The van der Waals surface area contributed by atoms with Crippen molar-refractivity contribution in [3.63, 3.8) is 0 Å². The molecule has 1 aliphatic heterocycles. The first-order valence-corrected chi connectivity index (χ1v) is 6.72. The highest BCUT2D eigenvalue weighted by Crippen LogP contribution is 2.40. The number of nitrogens with two attached hydrogens (primary N) is 1. The van der Waals surface area contributed by atoms with E-state index in [0.717, 1.165) is 0 Å². The summed E-state index contributed by atoms with van der Waals surface area (Å²) in [6.07, 6.45) is 0. The van der Waals surface area contributed by atoms with E-state index < -0.39 is 20.7 Å². The molecule has 0 radical (unpaired) electrons. The van der Waals surface area contributed by atoms with Crippen LogP contribution in [0.1, 0.15) is 29.8 Å². The number of benzene rings is 1. The van der Waals surface area contributed by atoms with Crippen molar-refractivity contribution in [2.75, 3.05) is 0 Å². The minimum absolute atomic E-state index is 0.0278. The monoisotopic (exact) mass is 267 g/mol. The molecule has 2 rings (SSSR count). The molecule has 0 bridgehead atoms. The van der Waals surface area contributed by atoms with Gasteiger partial charge in [-0.2, -0.15) is 0 Å². The van der Waals surface area contributed by atoms with Crippen LogP contribution in [0.5, 0.6) is 0 Å². The third-order valence-electron chi connectivity index (χ3n) is 2.87. The predicted molar refractivity (Wildman–Crippen MR) is 66.3 cm³/mol. The molecular formula is C12H13NO4S. The Labute approximate surface area is 105 Å². The van der Waals surface area contributed by atoms with Crippen LogP contribution in [0.3, 0.4) is 0 Å². The summed E-state index contributed by atoms with van der Waals surface area (Å²) < 4.78 is 30.0. The van der Waals surface area contributed by atoms with Crippen LogP contribution in [0.4, 0.5) is 0 Å². The normalized spacial score (nSPS) is 19.8. The molecule has 1 aromatic rings. The van der Waals surface area contributed by atoms with Gasteiger partial charge in [0.2, 0.25) is 20.7 Å². The lowest BCUT2D eigenvalue weighted by Gasteiger charge is -2.33. The van der Waals surface area contributed by atoms with Crippen LogP contribution in [-0.4, -0.2) is 19.3 Å². The maximum atomic E-state index is 12.3.